The first kappa shape index (κ1) is 23.6. The van der Waals surface area contributed by atoms with Gasteiger partial charge >= 0.3 is 5.97 Å². The Hall–Kier alpha value is -2.60. The lowest BCUT2D eigenvalue weighted by atomic mass is 9.88. The molecule has 2 N–H and O–H groups in total. The van der Waals surface area contributed by atoms with Crippen molar-refractivity contribution in [2.45, 2.75) is 64.3 Å². The van der Waals surface area contributed by atoms with E-state index in [4.69, 9.17) is 9.73 Å². The van der Waals surface area contributed by atoms with Crippen molar-refractivity contribution in [1.29, 1.82) is 0 Å². The molecule has 0 radical (unpaired) electrons. The molecule has 3 heterocycles. The summed E-state index contributed by atoms with van der Waals surface area (Å²) >= 11 is 0. The van der Waals surface area contributed by atoms with E-state index in [-0.39, 0.29) is 12.5 Å². The van der Waals surface area contributed by atoms with Gasteiger partial charge in [-0.3, -0.25) is 9.69 Å². The van der Waals surface area contributed by atoms with Gasteiger partial charge < -0.3 is 15.2 Å². The van der Waals surface area contributed by atoms with Crippen molar-refractivity contribution in [3.8, 4) is 5.75 Å². The number of benzene rings is 1. The summed E-state index contributed by atoms with van der Waals surface area (Å²) in [4.78, 5) is 18.6. The second kappa shape index (κ2) is 11.0. The third-order valence-corrected chi connectivity index (χ3v) is 7.11. The van der Waals surface area contributed by atoms with Crippen LogP contribution in [0.25, 0.3) is 0 Å². The fourth-order valence-electron chi connectivity index (χ4n) is 5.11. The molecule has 178 valence electrons. The summed E-state index contributed by atoms with van der Waals surface area (Å²) in [6, 6.07) is 6.16. The third kappa shape index (κ3) is 6.05. The van der Waals surface area contributed by atoms with E-state index >= 15 is 0 Å². The Bertz CT molecular complexity index is 931. The Balaban J connectivity index is 1.24. The number of allylic oxidation sites excluding steroid dienone is 2. The average molecular weight is 452 g/mol. The van der Waals surface area contributed by atoms with Crippen molar-refractivity contribution >= 4 is 11.7 Å². The first-order chi connectivity index (χ1) is 16.0. The van der Waals surface area contributed by atoms with E-state index in [1.807, 2.05) is 6.08 Å². The molecule has 3 aliphatic heterocycles. The molecule has 1 atom stereocenters. The molecule has 33 heavy (non-hydrogen) atoms. The van der Waals surface area contributed by atoms with Crippen LogP contribution in [0.2, 0.25) is 0 Å². The van der Waals surface area contributed by atoms with Crippen molar-refractivity contribution < 1.29 is 14.6 Å². The molecule has 0 saturated carbocycles. The minimum absolute atomic E-state index is 0.0766. The molecule has 0 bridgehead atoms. The van der Waals surface area contributed by atoms with Gasteiger partial charge in [-0.1, -0.05) is 25.1 Å². The lowest BCUT2D eigenvalue weighted by molar-refractivity contribution is -0.139. The van der Waals surface area contributed by atoms with Gasteiger partial charge in [0.25, 0.3) is 0 Å². The summed E-state index contributed by atoms with van der Waals surface area (Å²) in [7, 11) is 0. The molecule has 6 nitrogen and oxygen atoms in total. The summed E-state index contributed by atoms with van der Waals surface area (Å²) in [6.45, 7) is 9.76. The number of rotatable bonds is 11. The molecule has 0 aromatic heterocycles. The molecule has 4 rings (SSSR count). The van der Waals surface area contributed by atoms with Crippen LogP contribution in [0.4, 0.5) is 0 Å². The zero-order valence-electron chi connectivity index (χ0n) is 19.8. The number of carboxylic acids is 1. The number of hydrogen-bond donors (Lipinski definition) is 2. The van der Waals surface area contributed by atoms with Crippen molar-refractivity contribution in [2.24, 2.45) is 10.9 Å². The molecule has 3 aliphatic rings. The van der Waals surface area contributed by atoms with E-state index in [0.717, 1.165) is 81.2 Å². The van der Waals surface area contributed by atoms with Crippen LogP contribution >= 0.6 is 0 Å². The number of aliphatic imine (C=N–C) groups is 1. The Kier molecular flexibility index (Phi) is 7.86. The Morgan fingerprint density at radius 2 is 2.21 bits per heavy atom. The number of nitrogens with zero attached hydrogens (tertiary/aromatic N) is 2. The SMILES string of the molecule is C=CC(CCCCC1CN([C@@H](CC(=O)O)c2ccc3c(c2)OCC3)C1)=NC1=C(C)CCCN1. The minimum atomic E-state index is -0.751. The highest BCUT2D eigenvalue weighted by Gasteiger charge is 2.34. The number of unbranched alkanes of at least 4 members (excludes halogenated alkanes) is 1. The Morgan fingerprint density at radius 3 is 2.97 bits per heavy atom. The first-order valence-electron chi connectivity index (χ1n) is 12.4. The van der Waals surface area contributed by atoms with E-state index in [0.29, 0.717) is 5.92 Å². The molecule has 0 aliphatic carbocycles. The highest BCUT2D eigenvalue weighted by molar-refractivity contribution is 5.95. The summed E-state index contributed by atoms with van der Waals surface area (Å²) in [5.74, 6) is 1.85. The van der Waals surface area contributed by atoms with Crippen LogP contribution in [-0.2, 0) is 11.2 Å². The molecule has 1 aromatic carbocycles. The van der Waals surface area contributed by atoms with Crippen LogP contribution in [0.1, 0.15) is 69.0 Å². The first-order valence-corrected chi connectivity index (χ1v) is 12.4. The lowest BCUT2D eigenvalue weighted by Crippen LogP contribution is -2.48. The quantitative estimate of drug-likeness (QED) is 0.371. The monoisotopic (exact) mass is 451 g/mol. The van der Waals surface area contributed by atoms with E-state index in [1.165, 1.54) is 24.0 Å². The average Bonchev–Trinajstić information content (AvgIpc) is 3.24. The maximum Gasteiger partial charge on any atom is 0.305 e. The summed E-state index contributed by atoms with van der Waals surface area (Å²) in [5, 5.41) is 12.9. The summed E-state index contributed by atoms with van der Waals surface area (Å²) < 4.78 is 5.71. The number of aliphatic carboxylic acids is 1. The zero-order chi connectivity index (χ0) is 23.2. The number of fused-ring (bicyclic) bond motifs is 1. The van der Waals surface area contributed by atoms with Gasteiger partial charge in [0.15, 0.2) is 0 Å². The molecule has 0 spiro atoms. The fraction of sp³-hybridized carbons (Fsp3) is 0.556. The van der Waals surface area contributed by atoms with Crippen molar-refractivity contribution in [3.63, 3.8) is 0 Å². The molecule has 6 heteroatoms. The topological polar surface area (TPSA) is 74.2 Å². The normalized spacial score (nSPS) is 20.0. The largest absolute Gasteiger partial charge is 0.493 e. The Labute approximate surface area is 197 Å². The Morgan fingerprint density at radius 1 is 1.36 bits per heavy atom. The molecule has 1 saturated heterocycles. The van der Waals surface area contributed by atoms with Gasteiger partial charge in [0.05, 0.1) is 13.0 Å². The van der Waals surface area contributed by atoms with E-state index in [1.54, 1.807) is 0 Å². The highest BCUT2D eigenvalue weighted by atomic mass is 16.5. The van der Waals surface area contributed by atoms with Crippen LogP contribution in [0.3, 0.4) is 0 Å². The number of hydrogen-bond acceptors (Lipinski definition) is 5. The van der Waals surface area contributed by atoms with Crippen LogP contribution < -0.4 is 10.1 Å². The molecule has 1 fully saturated rings. The highest BCUT2D eigenvalue weighted by Crippen LogP contribution is 2.36. The smallest absolute Gasteiger partial charge is 0.305 e. The predicted octanol–water partition coefficient (Wildman–Crippen LogP) is 4.87. The van der Waals surface area contributed by atoms with Gasteiger partial charge in [0.1, 0.15) is 11.6 Å². The van der Waals surface area contributed by atoms with Gasteiger partial charge in [-0.25, -0.2) is 4.99 Å². The second-order valence-corrected chi connectivity index (χ2v) is 9.61. The predicted molar refractivity (Wildman–Crippen MR) is 132 cm³/mol. The van der Waals surface area contributed by atoms with Crippen LogP contribution in [0, 0.1) is 5.92 Å². The number of ether oxygens (including phenoxy) is 1. The maximum absolute atomic E-state index is 11.5. The number of likely N-dealkylation sites (tertiary alicyclic amines) is 1. The standard InChI is InChI=1S/C27H37N3O3/c1-3-23(29-27-19(2)7-6-13-28-27)9-5-4-8-20-17-30(18-20)24(16-26(31)32)22-11-10-21-12-14-33-25(21)15-22/h3,10-11,15,20,24,28H,1,4-9,12-14,16-18H2,2H3,(H,31,32)/t24-/m0/s1. The number of carboxylic acid groups (broad SMARTS) is 1. The maximum atomic E-state index is 11.5. The lowest BCUT2D eigenvalue weighted by Gasteiger charge is -2.44. The van der Waals surface area contributed by atoms with Crippen molar-refractivity contribution in [2.75, 3.05) is 26.2 Å². The molecule has 0 amide bonds. The van der Waals surface area contributed by atoms with E-state index in [2.05, 4.69) is 41.9 Å². The second-order valence-electron chi connectivity index (χ2n) is 9.61. The summed E-state index contributed by atoms with van der Waals surface area (Å²) in [6.07, 6.45) is 9.66. The van der Waals surface area contributed by atoms with Gasteiger partial charge in [0, 0.05) is 37.8 Å². The number of nitrogens with one attached hydrogen (secondary N) is 1. The minimum Gasteiger partial charge on any atom is -0.493 e. The molecular formula is C27H37N3O3. The fourth-order valence-corrected chi connectivity index (χ4v) is 5.11. The summed E-state index contributed by atoms with van der Waals surface area (Å²) in [5.41, 5.74) is 4.68. The van der Waals surface area contributed by atoms with Crippen LogP contribution in [0.5, 0.6) is 5.75 Å². The van der Waals surface area contributed by atoms with Gasteiger partial charge in [-0.2, -0.15) is 0 Å². The van der Waals surface area contributed by atoms with Gasteiger partial charge in [0.2, 0.25) is 0 Å². The van der Waals surface area contributed by atoms with Crippen molar-refractivity contribution in [1.82, 2.24) is 10.2 Å². The zero-order valence-corrected chi connectivity index (χ0v) is 19.8. The van der Waals surface area contributed by atoms with E-state index < -0.39 is 5.97 Å². The molecule has 0 unspecified atom stereocenters. The van der Waals surface area contributed by atoms with Crippen LogP contribution in [0.15, 0.2) is 47.2 Å². The third-order valence-electron chi connectivity index (χ3n) is 7.11. The number of carbonyl (C=O) groups is 1. The van der Waals surface area contributed by atoms with Crippen molar-refractivity contribution in [3.05, 3.63) is 53.4 Å². The van der Waals surface area contributed by atoms with Gasteiger partial charge in [-0.15, -0.1) is 0 Å². The van der Waals surface area contributed by atoms with Crippen LogP contribution in [-0.4, -0.2) is 47.9 Å². The van der Waals surface area contributed by atoms with E-state index in [9.17, 15) is 9.90 Å². The van der Waals surface area contributed by atoms with Gasteiger partial charge in [-0.05, 0) is 73.8 Å². The molecule has 1 aromatic rings. The molecular weight excluding hydrogens is 414 g/mol.